The van der Waals surface area contributed by atoms with Crippen molar-refractivity contribution in [3.63, 3.8) is 0 Å². The lowest BCUT2D eigenvalue weighted by molar-refractivity contribution is -0.131. The van der Waals surface area contributed by atoms with Gasteiger partial charge in [-0.15, -0.1) is 5.10 Å². The van der Waals surface area contributed by atoms with E-state index in [4.69, 9.17) is 10.00 Å². The lowest BCUT2D eigenvalue weighted by atomic mass is 10.2. The minimum atomic E-state index is -0.349. The van der Waals surface area contributed by atoms with E-state index in [0.29, 0.717) is 12.3 Å². The number of aromatic nitrogens is 3. The van der Waals surface area contributed by atoms with Crippen molar-refractivity contribution >= 4 is 5.97 Å². The molecule has 1 heterocycles. The van der Waals surface area contributed by atoms with Crippen LogP contribution in [0.5, 0.6) is 5.75 Å². The minimum Gasteiger partial charge on any atom is -0.427 e. The lowest BCUT2D eigenvalue weighted by Crippen LogP contribution is -2.03. The van der Waals surface area contributed by atoms with E-state index in [2.05, 4.69) is 10.1 Å². The summed E-state index contributed by atoms with van der Waals surface area (Å²) in [5, 5.41) is 12.6. The molecule has 0 N–H and O–H groups in total. The van der Waals surface area contributed by atoms with Gasteiger partial charge in [0.05, 0.1) is 6.54 Å². The van der Waals surface area contributed by atoms with E-state index in [1.807, 2.05) is 18.2 Å². The number of hydrogen-bond donors (Lipinski definition) is 0. The monoisotopic (exact) mass is 242 g/mol. The minimum absolute atomic E-state index is 0.145. The lowest BCUT2D eigenvalue weighted by Gasteiger charge is -2.03. The third-order valence-corrected chi connectivity index (χ3v) is 2.17. The summed E-state index contributed by atoms with van der Waals surface area (Å²) in [5.41, 5.74) is 0.972. The molecule has 0 bridgehead atoms. The molecule has 0 atom stereocenters. The Kier molecular flexibility index (Phi) is 3.34. The van der Waals surface area contributed by atoms with E-state index in [1.54, 1.807) is 16.8 Å². The van der Waals surface area contributed by atoms with Crippen LogP contribution in [0.1, 0.15) is 18.3 Å². The molecular formula is C12H10N4O2. The third-order valence-electron chi connectivity index (χ3n) is 2.17. The molecule has 0 unspecified atom stereocenters. The molecule has 0 saturated carbocycles. The Morgan fingerprint density at radius 1 is 1.44 bits per heavy atom. The molecule has 0 fully saturated rings. The van der Waals surface area contributed by atoms with Gasteiger partial charge >= 0.3 is 5.97 Å². The van der Waals surface area contributed by atoms with Crippen LogP contribution < -0.4 is 4.74 Å². The topological polar surface area (TPSA) is 80.8 Å². The maximum atomic E-state index is 10.7. The van der Waals surface area contributed by atoms with Crippen molar-refractivity contribution in [2.75, 3.05) is 0 Å². The first-order chi connectivity index (χ1) is 8.67. The van der Waals surface area contributed by atoms with Crippen LogP contribution in [0, 0.1) is 11.3 Å². The molecule has 0 aliphatic heterocycles. The van der Waals surface area contributed by atoms with Gasteiger partial charge in [-0.25, -0.2) is 9.67 Å². The highest BCUT2D eigenvalue weighted by Gasteiger charge is 2.02. The smallest absolute Gasteiger partial charge is 0.308 e. The van der Waals surface area contributed by atoms with Gasteiger partial charge in [0, 0.05) is 6.92 Å². The largest absolute Gasteiger partial charge is 0.427 e. The number of carbonyl (C=O) groups excluding carboxylic acids is 1. The highest BCUT2D eigenvalue weighted by Crippen LogP contribution is 2.13. The van der Waals surface area contributed by atoms with E-state index < -0.39 is 0 Å². The molecule has 18 heavy (non-hydrogen) atoms. The molecule has 1 aromatic heterocycles. The van der Waals surface area contributed by atoms with Gasteiger partial charge in [-0.05, 0) is 17.7 Å². The number of nitriles is 1. The first kappa shape index (κ1) is 11.8. The number of ether oxygens (including phenoxy) is 1. The van der Waals surface area contributed by atoms with Gasteiger partial charge in [0.2, 0.25) is 0 Å². The molecule has 0 aliphatic carbocycles. The molecule has 6 heteroatoms. The SMILES string of the molecule is CC(=O)Oc1ccc(Cn2cnc(C#N)n2)cc1. The molecule has 90 valence electrons. The van der Waals surface area contributed by atoms with Gasteiger partial charge in [-0.2, -0.15) is 5.26 Å². The van der Waals surface area contributed by atoms with E-state index in [0.717, 1.165) is 5.56 Å². The normalized spacial score (nSPS) is 9.78. The number of carbonyl (C=O) groups is 1. The van der Waals surface area contributed by atoms with Gasteiger partial charge in [-0.3, -0.25) is 4.79 Å². The van der Waals surface area contributed by atoms with E-state index in [9.17, 15) is 4.79 Å². The Morgan fingerprint density at radius 2 is 2.17 bits per heavy atom. The maximum absolute atomic E-state index is 10.7. The van der Waals surface area contributed by atoms with E-state index in [1.165, 1.54) is 13.3 Å². The standard InChI is InChI=1S/C12H10N4O2/c1-9(17)18-11-4-2-10(3-5-11)7-16-8-14-12(6-13)15-16/h2-5,8H,7H2,1H3. The maximum Gasteiger partial charge on any atom is 0.308 e. The molecule has 6 nitrogen and oxygen atoms in total. The first-order valence-corrected chi connectivity index (χ1v) is 5.24. The predicted octanol–water partition coefficient (Wildman–Crippen LogP) is 1.12. The fraction of sp³-hybridized carbons (Fsp3) is 0.167. The Hall–Kier alpha value is -2.68. The molecule has 2 aromatic rings. The summed E-state index contributed by atoms with van der Waals surface area (Å²) in [6, 6.07) is 8.93. The van der Waals surface area contributed by atoms with Gasteiger partial charge in [0.25, 0.3) is 5.82 Å². The van der Waals surface area contributed by atoms with Gasteiger partial charge in [0.15, 0.2) is 0 Å². The summed E-state index contributed by atoms with van der Waals surface area (Å²) in [5.74, 6) is 0.298. The van der Waals surface area contributed by atoms with E-state index >= 15 is 0 Å². The number of nitrogens with zero attached hydrogens (tertiary/aromatic N) is 4. The molecule has 0 spiro atoms. The van der Waals surface area contributed by atoms with Gasteiger partial charge in [0.1, 0.15) is 18.1 Å². The molecule has 0 aliphatic rings. The summed E-state index contributed by atoms with van der Waals surface area (Å²) in [4.78, 5) is 14.6. The van der Waals surface area contributed by atoms with Crippen LogP contribution in [-0.4, -0.2) is 20.7 Å². The number of benzene rings is 1. The second-order valence-corrected chi connectivity index (χ2v) is 3.62. The zero-order valence-corrected chi connectivity index (χ0v) is 9.70. The average Bonchev–Trinajstić information content (AvgIpc) is 2.79. The van der Waals surface area contributed by atoms with E-state index in [-0.39, 0.29) is 11.8 Å². The summed E-state index contributed by atoms with van der Waals surface area (Å²) >= 11 is 0. The van der Waals surface area contributed by atoms with Crippen molar-refractivity contribution in [2.24, 2.45) is 0 Å². The van der Waals surface area contributed by atoms with Crippen molar-refractivity contribution in [1.82, 2.24) is 14.8 Å². The van der Waals surface area contributed by atoms with Crippen LogP contribution in [0.15, 0.2) is 30.6 Å². The Bertz CT molecular complexity index is 595. The first-order valence-electron chi connectivity index (χ1n) is 5.24. The fourth-order valence-corrected chi connectivity index (χ4v) is 1.44. The predicted molar refractivity (Wildman–Crippen MR) is 61.6 cm³/mol. The van der Waals surface area contributed by atoms with Crippen molar-refractivity contribution in [3.8, 4) is 11.8 Å². The molecule has 0 amide bonds. The number of esters is 1. The van der Waals surface area contributed by atoms with Crippen LogP contribution in [0.2, 0.25) is 0 Å². The van der Waals surface area contributed by atoms with Crippen LogP contribution in [0.4, 0.5) is 0 Å². The molecule has 0 saturated heterocycles. The number of hydrogen-bond acceptors (Lipinski definition) is 5. The summed E-state index contributed by atoms with van der Waals surface area (Å²) < 4.78 is 6.49. The zero-order chi connectivity index (χ0) is 13.0. The van der Waals surface area contributed by atoms with Crippen molar-refractivity contribution in [1.29, 1.82) is 5.26 Å². The summed E-state index contributed by atoms with van der Waals surface area (Å²) in [6.45, 7) is 1.86. The Labute approximate surface area is 103 Å². The van der Waals surface area contributed by atoms with Crippen LogP contribution in [0.25, 0.3) is 0 Å². The Morgan fingerprint density at radius 3 is 2.72 bits per heavy atom. The fourth-order valence-electron chi connectivity index (χ4n) is 1.44. The molecular weight excluding hydrogens is 232 g/mol. The zero-order valence-electron chi connectivity index (χ0n) is 9.70. The van der Waals surface area contributed by atoms with Crippen LogP contribution in [0.3, 0.4) is 0 Å². The second-order valence-electron chi connectivity index (χ2n) is 3.62. The molecule has 0 radical (unpaired) electrons. The van der Waals surface area contributed by atoms with Gasteiger partial charge < -0.3 is 4.74 Å². The highest BCUT2D eigenvalue weighted by molar-refractivity contribution is 5.69. The van der Waals surface area contributed by atoms with Crippen molar-refractivity contribution in [3.05, 3.63) is 42.0 Å². The molecule has 2 rings (SSSR count). The third kappa shape index (κ3) is 2.92. The quantitative estimate of drug-likeness (QED) is 0.595. The van der Waals surface area contributed by atoms with Crippen molar-refractivity contribution in [2.45, 2.75) is 13.5 Å². The Balaban J connectivity index is 2.06. The second kappa shape index (κ2) is 5.10. The van der Waals surface area contributed by atoms with Crippen molar-refractivity contribution < 1.29 is 9.53 Å². The van der Waals surface area contributed by atoms with Gasteiger partial charge in [-0.1, -0.05) is 12.1 Å². The number of rotatable bonds is 3. The highest BCUT2D eigenvalue weighted by atomic mass is 16.5. The summed E-state index contributed by atoms with van der Waals surface area (Å²) in [7, 11) is 0. The van der Waals surface area contributed by atoms with Crippen LogP contribution in [-0.2, 0) is 11.3 Å². The molecule has 1 aromatic carbocycles. The van der Waals surface area contributed by atoms with Crippen LogP contribution >= 0.6 is 0 Å². The summed E-state index contributed by atoms with van der Waals surface area (Å²) in [6.07, 6.45) is 1.50. The average molecular weight is 242 g/mol.